The predicted molar refractivity (Wildman–Crippen MR) is 133 cm³/mol. The molecule has 35 heavy (non-hydrogen) atoms. The molecular weight excluding hydrogens is 516 g/mol. The third kappa shape index (κ3) is 4.62. The van der Waals surface area contributed by atoms with Crippen LogP contribution < -0.4 is 5.32 Å². The zero-order chi connectivity index (χ0) is 25.2. The molecule has 2 bridgehead atoms. The molecule has 0 aromatic heterocycles. The van der Waals surface area contributed by atoms with Gasteiger partial charge in [-0.2, -0.15) is 0 Å². The number of benzene rings is 1. The summed E-state index contributed by atoms with van der Waals surface area (Å²) in [4.78, 5) is 42.0. The van der Waals surface area contributed by atoms with E-state index in [1.54, 1.807) is 6.92 Å². The number of halogens is 1. The highest BCUT2D eigenvalue weighted by atomic mass is 79.9. The molecule has 1 aromatic carbocycles. The number of rotatable bonds is 11. The number of carbonyl (C=O) groups excluding carboxylic acids is 3. The molecule has 3 aliphatic heterocycles. The van der Waals surface area contributed by atoms with Crippen LogP contribution in [-0.2, 0) is 30.3 Å². The Balaban J connectivity index is 1.70. The number of alkyl halides is 1. The van der Waals surface area contributed by atoms with Gasteiger partial charge in [-0.05, 0) is 31.7 Å². The van der Waals surface area contributed by atoms with Crippen LogP contribution in [0.5, 0.6) is 0 Å². The van der Waals surface area contributed by atoms with E-state index in [9.17, 15) is 19.5 Å². The average Bonchev–Trinajstić information content (AvgIpc) is 3.44. The minimum absolute atomic E-state index is 0.182. The van der Waals surface area contributed by atoms with Crippen molar-refractivity contribution < 1.29 is 29.0 Å². The second-order valence-electron chi connectivity index (χ2n) is 9.69. The summed E-state index contributed by atoms with van der Waals surface area (Å²) in [5.41, 5.74) is -0.201. The molecule has 1 aromatic rings. The van der Waals surface area contributed by atoms with E-state index < -0.39 is 41.6 Å². The number of ether oxygens (including phenoxy) is 2. The van der Waals surface area contributed by atoms with Crippen LogP contribution >= 0.6 is 15.9 Å². The first-order valence-electron chi connectivity index (χ1n) is 12.6. The highest BCUT2D eigenvalue weighted by molar-refractivity contribution is 9.09. The number of nitrogens with zero attached hydrogens (tertiary/aromatic N) is 1. The van der Waals surface area contributed by atoms with Gasteiger partial charge in [-0.1, -0.05) is 66.0 Å². The summed E-state index contributed by atoms with van der Waals surface area (Å²) in [7, 11) is 0. The van der Waals surface area contributed by atoms with Crippen molar-refractivity contribution in [3.8, 4) is 0 Å². The molecule has 7 atom stereocenters. The van der Waals surface area contributed by atoms with Gasteiger partial charge in [-0.25, -0.2) is 0 Å². The highest BCUT2D eigenvalue weighted by Crippen LogP contribution is 2.60. The van der Waals surface area contributed by atoms with E-state index in [-0.39, 0.29) is 29.9 Å². The Labute approximate surface area is 214 Å². The SMILES string of the molecule is CCCCCNC(=O)C1N([C@@H](CO)Cc2ccccc2)C(=O)[C@@H]2[C@H](C(=O)OCC)[C@H]3OC12CC3Br. The maximum atomic E-state index is 14.0. The Kier molecular flexibility index (Phi) is 8.18. The smallest absolute Gasteiger partial charge is 0.312 e. The lowest BCUT2D eigenvalue weighted by Gasteiger charge is -2.37. The summed E-state index contributed by atoms with van der Waals surface area (Å²) in [5, 5.41) is 13.4. The van der Waals surface area contributed by atoms with Crippen molar-refractivity contribution in [2.45, 2.75) is 74.6 Å². The van der Waals surface area contributed by atoms with Crippen molar-refractivity contribution in [2.75, 3.05) is 19.8 Å². The second-order valence-corrected chi connectivity index (χ2v) is 10.9. The van der Waals surface area contributed by atoms with Gasteiger partial charge in [-0.3, -0.25) is 14.4 Å². The van der Waals surface area contributed by atoms with E-state index in [0.29, 0.717) is 19.4 Å². The lowest BCUT2D eigenvalue weighted by Crippen LogP contribution is -2.58. The van der Waals surface area contributed by atoms with Crippen LogP contribution in [0.3, 0.4) is 0 Å². The average molecular weight is 551 g/mol. The molecule has 2 amide bonds. The third-order valence-corrected chi connectivity index (χ3v) is 8.38. The summed E-state index contributed by atoms with van der Waals surface area (Å²) in [5.74, 6) is -2.72. The zero-order valence-corrected chi connectivity index (χ0v) is 21.9. The Hall–Kier alpha value is -1.97. The van der Waals surface area contributed by atoms with Crippen LogP contribution in [0.15, 0.2) is 30.3 Å². The predicted octanol–water partition coefficient (Wildman–Crippen LogP) is 2.21. The van der Waals surface area contributed by atoms with Gasteiger partial charge in [0.1, 0.15) is 11.6 Å². The van der Waals surface area contributed by atoms with Gasteiger partial charge >= 0.3 is 5.97 Å². The summed E-state index contributed by atoms with van der Waals surface area (Å²) < 4.78 is 11.8. The molecule has 192 valence electrons. The number of hydrogen-bond acceptors (Lipinski definition) is 6. The molecule has 1 spiro atoms. The number of aliphatic hydroxyl groups excluding tert-OH is 1. The van der Waals surface area contributed by atoms with Gasteiger partial charge < -0.3 is 24.8 Å². The molecule has 8 nitrogen and oxygen atoms in total. The number of aliphatic hydroxyl groups is 1. The maximum absolute atomic E-state index is 14.0. The van der Waals surface area contributed by atoms with Crippen molar-refractivity contribution in [3.05, 3.63) is 35.9 Å². The number of hydrogen-bond donors (Lipinski definition) is 2. The molecule has 3 unspecified atom stereocenters. The van der Waals surface area contributed by atoms with Crippen LogP contribution in [0.4, 0.5) is 0 Å². The van der Waals surface area contributed by atoms with Crippen LogP contribution in [-0.4, -0.2) is 76.2 Å². The van der Waals surface area contributed by atoms with Crippen LogP contribution in [0, 0.1) is 11.8 Å². The molecule has 3 fully saturated rings. The standard InChI is InChI=1S/C26H35BrN2O6/c1-3-5-9-12-28-23(31)22-26-14-18(27)21(35-26)19(25(33)34-4-2)20(26)24(32)29(22)17(15-30)13-16-10-7-6-8-11-16/h6-8,10-11,17-22,30H,3-5,9,12-15H2,1-2H3,(H,28,31)/t17-,18?,19+,20+,21+,22?,26?/m1/s1. The second kappa shape index (κ2) is 11.0. The summed E-state index contributed by atoms with van der Waals surface area (Å²) in [6.45, 7) is 4.20. The first-order valence-corrected chi connectivity index (χ1v) is 13.5. The first kappa shape index (κ1) is 26.1. The van der Waals surface area contributed by atoms with Crippen molar-refractivity contribution >= 4 is 33.7 Å². The molecule has 3 saturated heterocycles. The number of esters is 1. The third-order valence-electron chi connectivity index (χ3n) is 7.53. The van der Waals surface area contributed by atoms with E-state index in [1.807, 2.05) is 30.3 Å². The van der Waals surface area contributed by atoms with Crippen molar-refractivity contribution in [3.63, 3.8) is 0 Å². The highest BCUT2D eigenvalue weighted by Gasteiger charge is 2.77. The van der Waals surface area contributed by atoms with Gasteiger partial charge in [0.2, 0.25) is 11.8 Å². The molecule has 9 heteroatoms. The van der Waals surface area contributed by atoms with Crippen LogP contribution in [0.2, 0.25) is 0 Å². The number of amides is 2. The lowest BCUT2D eigenvalue weighted by molar-refractivity contribution is -0.155. The molecule has 4 rings (SSSR count). The van der Waals surface area contributed by atoms with E-state index >= 15 is 0 Å². The van der Waals surface area contributed by atoms with E-state index in [0.717, 1.165) is 24.8 Å². The minimum Gasteiger partial charge on any atom is -0.466 e. The Morgan fingerprint density at radius 2 is 2.03 bits per heavy atom. The van der Waals surface area contributed by atoms with Gasteiger partial charge in [0.15, 0.2) is 0 Å². The van der Waals surface area contributed by atoms with Crippen LogP contribution in [0.1, 0.15) is 45.1 Å². The minimum atomic E-state index is -1.15. The molecule has 0 saturated carbocycles. The maximum Gasteiger partial charge on any atom is 0.312 e. The first-order chi connectivity index (χ1) is 16.9. The fourth-order valence-electron chi connectivity index (χ4n) is 6.09. The topological polar surface area (TPSA) is 105 Å². The van der Waals surface area contributed by atoms with Gasteiger partial charge in [-0.15, -0.1) is 0 Å². The van der Waals surface area contributed by atoms with E-state index in [2.05, 4.69) is 28.2 Å². The monoisotopic (exact) mass is 550 g/mol. The van der Waals surface area contributed by atoms with Crippen molar-refractivity contribution in [2.24, 2.45) is 11.8 Å². The molecule has 2 N–H and O–H groups in total. The Morgan fingerprint density at radius 1 is 1.29 bits per heavy atom. The van der Waals surface area contributed by atoms with E-state index in [4.69, 9.17) is 9.47 Å². The van der Waals surface area contributed by atoms with Crippen LogP contribution in [0.25, 0.3) is 0 Å². The van der Waals surface area contributed by atoms with Crippen molar-refractivity contribution in [1.82, 2.24) is 10.2 Å². The van der Waals surface area contributed by atoms with Crippen molar-refractivity contribution in [1.29, 1.82) is 0 Å². The number of likely N-dealkylation sites (tertiary alicyclic amines) is 1. The lowest BCUT2D eigenvalue weighted by atomic mass is 9.70. The van der Waals surface area contributed by atoms with Gasteiger partial charge in [0, 0.05) is 11.4 Å². The fourth-order valence-corrected chi connectivity index (χ4v) is 7.03. The largest absolute Gasteiger partial charge is 0.466 e. The number of unbranched alkanes of at least 4 members (excludes halogenated alkanes) is 2. The molecule has 3 heterocycles. The fraction of sp³-hybridized carbons (Fsp3) is 0.654. The normalized spacial score (nSPS) is 31.9. The summed E-state index contributed by atoms with van der Waals surface area (Å²) >= 11 is 3.64. The Bertz CT molecular complexity index is 930. The molecule has 0 aliphatic carbocycles. The molecule has 0 radical (unpaired) electrons. The number of carbonyl (C=O) groups is 3. The zero-order valence-electron chi connectivity index (χ0n) is 20.3. The quantitative estimate of drug-likeness (QED) is 0.248. The Morgan fingerprint density at radius 3 is 2.69 bits per heavy atom. The molecule has 3 aliphatic rings. The summed E-state index contributed by atoms with van der Waals surface area (Å²) in [6.07, 6.45) is 3.12. The number of fused-ring (bicyclic) bond motifs is 1. The number of nitrogens with one attached hydrogen (secondary N) is 1. The van der Waals surface area contributed by atoms with E-state index in [1.165, 1.54) is 4.90 Å². The van der Waals surface area contributed by atoms with Gasteiger partial charge in [0.05, 0.1) is 37.2 Å². The van der Waals surface area contributed by atoms with Gasteiger partial charge in [0.25, 0.3) is 0 Å². The summed E-state index contributed by atoms with van der Waals surface area (Å²) in [6, 6.07) is 8.00. The molecular formula is C26H35BrN2O6.